The fourth-order valence-electron chi connectivity index (χ4n) is 1.83. The summed E-state index contributed by atoms with van der Waals surface area (Å²) >= 11 is 3.27. The molecule has 0 bridgehead atoms. The quantitative estimate of drug-likeness (QED) is 0.734. The number of amides is 1. The molecule has 0 aromatic heterocycles. The van der Waals surface area contributed by atoms with E-state index in [0.717, 1.165) is 11.1 Å². The predicted molar refractivity (Wildman–Crippen MR) is 84.1 cm³/mol. The van der Waals surface area contributed by atoms with E-state index in [9.17, 15) is 9.90 Å². The number of anilines is 2. The maximum absolute atomic E-state index is 12.2. The van der Waals surface area contributed by atoms with E-state index in [4.69, 9.17) is 5.73 Å². The van der Waals surface area contributed by atoms with E-state index in [1.165, 1.54) is 6.07 Å². The van der Waals surface area contributed by atoms with Crippen molar-refractivity contribution in [3.63, 3.8) is 0 Å². The molecular weight excluding hydrogens is 320 g/mol. The Hall–Kier alpha value is -2.01. The lowest BCUT2D eigenvalue weighted by molar-refractivity contribution is 0.102. The first-order valence-corrected chi connectivity index (χ1v) is 6.84. The normalized spacial score (nSPS) is 10.3. The number of benzene rings is 2. The molecule has 0 saturated heterocycles. The molecule has 104 valence electrons. The van der Waals surface area contributed by atoms with Crippen molar-refractivity contribution in [2.24, 2.45) is 0 Å². The molecule has 0 fully saturated rings. The lowest BCUT2D eigenvalue weighted by Gasteiger charge is -2.12. The molecule has 4 N–H and O–H groups in total. The predicted octanol–water partition coefficient (Wildman–Crippen LogP) is 3.61. The number of carbonyl (C=O) groups is 1. The molecule has 0 radical (unpaired) electrons. The number of nitrogen functional groups attached to an aromatic ring is 1. The van der Waals surface area contributed by atoms with Crippen LogP contribution in [0.15, 0.2) is 34.8 Å². The number of rotatable bonds is 2. The van der Waals surface area contributed by atoms with Crippen LogP contribution in [-0.4, -0.2) is 11.0 Å². The maximum Gasteiger partial charge on any atom is 0.259 e. The number of halogens is 1. The highest BCUT2D eigenvalue weighted by Crippen LogP contribution is 2.26. The van der Waals surface area contributed by atoms with Crippen LogP contribution < -0.4 is 11.1 Å². The Balaban J connectivity index is 2.32. The van der Waals surface area contributed by atoms with E-state index in [2.05, 4.69) is 21.2 Å². The lowest BCUT2D eigenvalue weighted by Crippen LogP contribution is -2.13. The van der Waals surface area contributed by atoms with Crippen molar-refractivity contribution in [2.45, 2.75) is 13.8 Å². The van der Waals surface area contributed by atoms with Crippen LogP contribution in [0.1, 0.15) is 21.5 Å². The average molecular weight is 335 g/mol. The van der Waals surface area contributed by atoms with Crippen LogP contribution in [0, 0.1) is 13.8 Å². The maximum atomic E-state index is 12.2. The van der Waals surface area contributed by atoms with Gasteiger partial charge in [-0.25, -0.2) is 0 Å². The van der Waals surface area contributed by atoms with Gasteiger partial charge in [-0.05, 0) is 55.3 Å². The largest absolute Gasteiger partial charge is 0.507 e. The number of nitrogens with one attached hydrogen (secondary N) is 1. The van der Waals surface area contributed by atoms with Gasteiger partial charge in [-0.1, -0.05) is 15.9 Å². The Labute approximate surface area is 125 Å². The zero-order valence-corrected chi connectivity index (χ0v) is 12.8. The molecule has 1 amide bonds. The van der Waals surface area contributed by atoms with Gasteiger partial charge in [0.05, 0.1) is 16.9 Å². The molecule has 0 spiro atoms. The average Bonchev–Trinajstić information content (AvgIpc) is 2.38. The third-order valence-corrected chi connectivity index (χ3v) is 3.61. The highest BCUT2D eigenvalue weighted by molar-refractivity contribution is 9.10. The Kier molecular flexibility index (Phi) is 3.99. The van der Waals surface area contributed by atoms with Crippen LogP contribution in [0.4, 0.5) is 11.4 Å². The molecule has 0 heterocycles. The van der Waals surface area contributed by atoms with E-state index in [0.29, 0.717) is 15.8 Å². The zero-order valence-electron chi connectivity index (χ0n) is 11.2. The number of phenols is 1. The fraction of sp³-hybridized carbons (Fsp3) is 0.133. The minimum absolute atomic E-state index is 0.0758. The summed E-state index contributed by atoms with van der Waals surface area (Å²) in [4.78, 5) is 12.2. The number of phenolic OH excluding ortho intramolecular Hbond substituents is 1. The Morgan fingerprint density at radius 3 is 2.55 bits per heavy atom. The van der Waals surface area contributed by atoms with E-state index in [-0.39, 0.29) is 11.3 Å². The second-order valence-electron chi connectivity index (χ2n) is 4.64. The molecule has 20 heavy (non-hydrogen) atoms. The van der Waals surface area contributed by atoms with Crippen LogP contribution in [0.3, 0.4) is 0 Å². The summed E-state index contributed by atoms with van der Waals surface area (Å²) in [5, 5.41) is 12.5. The number of carbonyl (C=O) groups excluding carboxylic acids is 1. The second kappa shape index (κ2) is 5.54. The Bertz CT molecular complexity index is 684. The molecular formula is C15H15BrN2O2. The van der Waals surface area contributed by atoms with Gasteiger partial charge in [-0.3, -0.25) is 4.79 Å². The number of nitrogens with two attached hydrogens (primary N) is 1. The van der Waals surface area contributed by atoms with Gasteiger partial charge >= 0.3 is 0 Å². The topological polar surface area (TPSA) is 75.3 Å². The summed E-state index contributed by atoms with van der Waals surface area (Å²) in [5.41, 5.74) is 9.22. The van der Waals surface area contributed by atoms with Gasteiger partial charge in [-0.15, -0.1) is 0 Å². The number of aryl methyl sites for hydroxylation is 2. The molecule has 0 aliphatic rings. The first-order chi connectivity index (χ1) is 9.38. The summed E-state index contributed by atoms with van der Waals surface area (Å²) < 4.78 is 0.716. The molecule has 5 heteroatoms. The van der Waals surface area contributed by atoms with Gasteiger partial charge in [0.15, 0.2) is 0 Å². The minimum Gasteiger partial charge on any atom is -0.507 e. The van der Waals surface area contributed by atoms with Crippen molar-refractivity contribution < 1.29 is 9.90 Å². The van der Waals surface area contributed by atoms with Gasteiger partial charge in [0.1, 0.15) is 5.75 Å². The van der Waals surface area contributed by atoms with Gasteiger partial charge in [0.2, 0.25) is 0 Å². The highest BCUT2D eigenvalue weighted by Gasteiger charge is 2.13. The first-order valence-electron chi connectivity index (χ1n) is 6.05. The van der Waals surface area contributed by atoms with Gasteiger partial charge in [0.25, 0.3) is 5.91 Å². The molecule has 2 aromatic rings. The summed E-state index contributed by atoms with van der Waals surface area (Å²) in [7, 11) is 0. The molecule has 0 unspecified atom stereocenters. The molecule has 0 saturated carbocycles. The van der Waals surface area contributed by atoms with Crippen molar-refractivity contribution in [3.05, 3.63) is 51.5 Å². The van der Waals surface area contributed by atoms with Crippen LogP contribution in [0.5, 0.6) is 5.75 Å². The van der Waals surface area contributed by atoms with Crippen molar-refractivity contribution >= 4 is 33.2 Å². The third kappa shape index (κ3) is 2.93. The molecule has 0 aliphatic heterocycles. The van der Waals surface area contributed by atoms with Crippen molar-refractivity contribution in [1.82, 2.24) is 0 Å². The van der Waals surface area contributed by atoms with E-state index in [1.807, 2.05) is 26.0 Å². The first kappa shape index (κ1) is 14.4. The van der Waals surface area contributed by atoms with Crippen molar-refractivity contribution in [2.75, 3.05) is 11.1 Å². The molecule has 4 nitrogen and oxygen atoms in total. The molecule has 2 rings (SSSR count). The van der Waals surface area contributed by atoms with Crippen LogP contribution >= 0.6 is 15.9 Å². The van der Waals surface area contributed by atoms with Crippen LogP contribution in [0.2, 0.25) is 0 Å². The van der Waals surface area contributed by atoms with E-state index >= 15 is 0 Å². The van der Waals surface area contributed by atoms with E-state index < -0.39 is 5.91 Å². The monoisotopic (exact) mass is 334 g/mol. The minimum atomic E-state index is -0.404. The summed E-state index contributed by atoms with van der Waals surface area (Å²) in [6, 6.07) is 8.31. The third-order valence-electron chi connectivity index (χ3n) is 3.12. The lowest BCUT2D eigenvalue weighted by atomic mass is 10.1. The smallest absolute Gasteiger partial charge is 0.259 e. The van der Waals surface area contributed by atoms with Gasteiger partial charge in [-0.2, -0.15) is 0 Å². The van der Waals surface area contributed by atoms with Gasteiger partial charge in [0, 0.05) is 4.47 Å². The fourth-order valence-corrected chi connectivity index (χ4v) is 2.19. The number of aromatic hydroxyl groups is 1. The summed E-state index contributed by atoms with van der Waals surface area (Å²) in [6.45, 7) is 3.90. The number of hydrogen-bond acceptors (Lipinski definition) is 3. The van der Waals surface area contributed by atoms with Crippen molar-refractivity contribution in [1.29, 1.82) is 0 Å². The SMILES string of the molecule is Cc1cc(N)c(NC(=O)c2cc(Br)ccc2O)cc1C. The molecule has 0 atom stereocenters. The zero-order chi connectivity index (χ0) is 14.9. The van der Waals surface area contributed by atoms with Crippen LogP contribution in [-0.2, 0) is 0 Å². The van der Waals surface area contributed by atoms with Gasteiger partial charge < -0.3 is 16.2 Å². The van der Waals surface area contributed by atoms with Crippen LogP contribution in [0.25, 0.3) is 0 Å². The molecule has 0 aliphatic carbocycles. The Morgan fingerprint density at radius 1 is 1.20 bits per heavy atom. The van der Waals surface area contributed by atoms with Crippen molar-refractivity contribution in [3.8, 4) is 5.75 Å². The Morgan fingerprint density at radius 2 is 1.85 bits per heavy atom. The standard InChI is InChI=1S/C15H15BrN2O2/c1-8-5-12(17)13(6-9(8)2)18-15(20)11-7-10(16)3-4-14(11)19/h3-7,19H,17H2,1-2H3,(H,18,20). The highest BCUT2D eigenvalue weighted by atomic mass is 79.9. The second-order valence-corrected chi connectivity index (χ2v) is 5.55. The summed E-state index contributed by atoms with van der Waals surface area (Å²) in [6.07, 6.45) is 0. The molecule has 2 aromatic carbocycles. The number of hydrogen-bond donors (Lipinski definition) is 3. The summed E-state index contributed by atoms with van der Waals surface area (Å²) in [5.74, 6) is -0.480. The van der Waals surface area contributed by atoms with E-state index in [1.54, 1.807) is 12.1 Å².